The Morgan fingerprint density at radius 1 is 1.20 bits per heavy atom. The van der Waals surface area contributed by atoms with Gasteiger partial charge in [0.05, 0.1) is 5.69 Å². The summed E-state index contributed by atoms with van der Waals surface area (Å²) in [6, 6.07) is 11.9. The lowest BCUT2D eigenvalue weighted by atomic mass is 9.85. The number of hydrogen-bond acceptors (Lipinski definition) is 2. The van der Waals surface area contributed by atoms with Crippen molar-refractivity contribution in [3.8, 4) is 0 Å². The van der Waals surface area contributed by atoms with Crippen LogP contribution in [0.15, 0.2) is 48.7 Å². The molecule has 2 N–H and O–H groups in total. The molecule has 3 rings (SSSR count). The largest absolute Gasteiger partial charge is 0.379 e. The molecule has 1 aromatic heterocycles. The Kier molecular flexibility index (Phi) is 2.97. The van der Waals surface area contributed by atoms with Crippen LogP contribution in [0, 0.1) is 0 Å². The first-order chi connectivity index (χ1) is 9.55. The van der Waals surface area contributed by atoms with Crippen molar-refractivity contribution in [3.63, 3.8) is 0 Å². The molecule has 1 aliphatic rings. The highest BCUT2D eigenvalue weighted by atomic mass is 16.1. The molecule has 1 aliphatic heterocycles. The van der Waals surface area contributed by atoms with E-state index in [-0.39, 0.29) is 11.3 Å². The summed E-state index contributed by atoms with van der Waals surface area (Å²) in [4.78, 5) is 15.2. The Hall–Kier alpha value is -2.29. The summed E-state index contributed by atoms with van der Waals surface area (Å²) >= 11 is 0. The second-order valence-corrected chi connectivity index (χ2v) is 5.85. The third-order valence-electron chi connectivity index (χ3n) is 3.55. The minimum absolute atomic E-state index is 0.00926. The molecular formula is C17H18N2O. The molecule has 2 heterocycles. The van der Waals surface area contributed by atoms with Gasteiger partial charge in [-0.1, -0.05) is 24.3 Å². The molecule has 0 radical (unpaired) electrons. The Morgan fingerprint density at radius 3 is 2.75 bits per heavy atom. The highest BCUT2D eigenvalue weighted by Gasteiger charge is 2.27. The number of benzene rings is 1. The Bertz CT molecular complexity index is 666. The van der Waals surface area contributed by atoms with Crippen LogP contribution in [0.25, 0.3) is 5.70 Å². The van der Waals surface area contributed by atoms with Crippen molar-refractivity contribution in [2.75, 3.05) is 0 Å². The van der Waals surface area contributed by atoms with E-state index in [1.54, 1.807) is 18.3 Å². The van der Waals surface area contributed by atoms with E-state index in [4.69, 9.17) is 0 Å². The van der Waals surface area contributed by atoms with Crippen LogP contribution in [0.3, 0.4) is 0 Å². The number of fused-ring (bicyclic) bond motifs is 1. The van der Waals surface area contributed by atoms with Crippen molar-refractivity contribution in [1.29, 1.82) is 0 Å². The molecule has 0 amide bonds. The first-order valence-electron chi connectivity index (χ1n) is 6.81. The molecule has 3 nitrogen and oxygen atoms in total. The van der Waals surface area contributed by atoms with Gasteiger partial charge >= 0.3 is 0 Å². The van der Waals surface area contributed by atoms with E-state index in [1.807, 2.05) is 18.2 Å². The van der Waals surface area contributed by atoms with E-state index in [9.17, 15) is 4.79 Å². The zero-order valence-corrected chi connectivity index (χ0v) is 11.7. The van der Waals surface area contributed by atoms with Gasteiger partial charge in [-0.15, -0.1) is 0 Å². The second kappa shape index (κ2) is 4.67. The van der Waals surface area contributed by atoms with Crippen molar-refractivity contribution in [3.05, 3.63) is 65.5 Å². The first-order valence-corrected chi connectivity index (χ1v) is 6.81. The number of aromatic amines is 1. The predicted octanol–water partition coefficient (Wildman–Crippen LogP) is 3.16. The fraction of sp³-hybridized carbons (Fsp3) is 0.235. The minimum atomic E-state index is -0.0454. The molecule has 20 heavy (non-hydrogen) atoms. The summed E-state index contributed by atoms with van der Waals surface area (Å²) in [5, 5.41) is 3.47. The highest BCUT2D eigenvalue weighted by molar-refractivity contribution is 6.07. The molecule has 3 heteroatoms. The van der Waals surface area contributed by atoms with Gasteiger partial charge in [0, 0.05) is 29.1 Å². The monoisotopic (exact) mass is 266 g/mol. The molecule has 1 aromatic carbocycles. The SMILES string of the molecule is CC1(C)Cc2ccccc2/C(=C/C(=O)c2ccc[nH]2)N1. The third-order valence-corrected chi connectivity index (χ3v) is 3.55. The van der Waals surface area contributed by atoms with Crippen molar-refractivity contribution in [2.45, 2.75) is 25.8 Å². The summed E-state index contributed by atoms with van der Waals surface area (Å²) in [5.74, 6) is -0.00926. The van der Waals surface area contributed by atoms with E-state index < -0.39 is 0 Å². The lowest BCUT2D eigenvalue weighted by molar-refractivity contribution is 0.104. The van der Waals surface area contributed by atoms with E-state index >= 15 is 0 Å². The quantitative estimate of drug-likeness (QED) is 0.648. The number of rotatable bonds is 2. The number of H-pyrrole nitrogens is 1. The Labute approximate surface area is 118 Å². The summed E-state index contributed by atoms with van der Waals surface area (Å²) < 4.78 is 0. The predicted molar refractivity (Wildman–Crippen MR) is 80.5 cm³/mol. The lowest BCUT2D eigenvalue weighted by Crippen LogP contribution is -2.43. The van der Waals surface area contributed by atoms with Gasteiger partial charge < -0.3 is 10.3 Å². The zero-order valence-electron chi connectivity index (χ0n) is 11.7. The standard InChI is InChI=1S/C17H18N2O/c1-17(2)11-12-6-3-4-7-13(12)15(19-17)10-16(20)14-8-5-9-18-14/h3-10,18-19H,11H2,1-2H3/b15-10-. The van der Waals surface area contributed by atoms with Crippen LogP contribution in [0.5, 0.6) is 0 Å². The van der Waals surface area contributed by atoms with E-state index in [2.05, 4.69) is 36.3 Å². The zero-order chi connectivity index (χ0) is 14.2. The van der Waals surface area contributed by atoms with Crippen LogP contribution < -0.4 is 5.32 Å². The lowest BCUT2D eigenvalue weighted by Gasteiger charge is -2.35. The normalized spacial score (nSPS) is 18.4. The van der Waals surface area contributed by atoms with Gasteiger partial charge in [0.2, 0.25) is 5.78 Å². The van der Waals surface area contributed by atoms with Crippen LogP contribution in [0.2, 0.25) is 0 Å². The van der Waals surface area contributed by atoms with Gasteiger partial charge in [0.1, 0.15) is 0 Å². The highest BCUT2D eigenvalue weighted by Crippen LogP contribution is 2.29. The average Bonchev–Trinajstić information content (AvgIpc) is 2.91. The van der Waals surface area contributed by atoms with Gasteiger partial charge in [-0.05, 0) is 38.0 Å². The number of ketones is 1. The molecule has 0 fully saturated rings. The number of aromatic nitrogens is 1. The van der Waals surface area contributed by atoms with Crippen molar-refractivity contribution < 1.29 is 4.79 Å². The third kappa shape index (κ3) is 2.39. The van der Waals surface area contributed by atoms with Gasteiger partial charge in [-0.25, -0.2) is 0 Å². The molecule has 0 atom stereocenters. The maximum Gasteiger partial charge on any atom is 0.204 e. The van der Waals surface area contributed by atoms with Crippen molar-refractivity contribution in [2.24, 2.45) is 0 Å². The molecule has 0 aliphatic carbocycles. The van der Waals surface area contributed by atoms with Crippen LogP contribution >= 0.6 is 0 Å². The fourth-order valence-corrected chi connectivity index (χ4v) is 2.70. The maximum absolute atomic E-state index is 12.2. The number of carbonyl (C=O) groups excluding carboxylic acids is 1. The number of carbonyl (C=O) groups is 1. The van der Waals surface area contributed by atoms with E-state index in [0.29, 0.717) is 5.69 Å². The minimum Gasteiger partial charge on any atom is -0.379 e. The Morgan fingerprint density at radius 2 is 2.00 bits per heavy atom. The first kappa shape index (κ1) is 12.7. The number of hydrogen-bond donors (Lipinski definition) is 2. The Balaban J connectivity index is 2.02. The summed E-state index contributed by atoms with van der Waals surface area (Å²) in [6.45, 7) is 4.30. The molecule has 2 aromatic rings. The maximum atomic E-state index is 12.2. The molecule has 0 spiro atoms. The fourth-order valence-electron chi connectivity index (χ4n) is 2.70. The summed E-state index contributed by atoms with van der Waals surface area (Å²) in [7, 11) is 0. The molecule has 0 saturated carbocycles. The van der Waals surface area contributed by atoms with Gasteiger partial charge in [0.25, 0.3) is 0 Å². The smallest absolute Gasteiger partial charge is 0.204 e. The van der Waals surface area contributed by atoms with E-state index in [0.717, 1.165) is 17.7 Å². The number of allylic oxidation sites excluding steroid dienone is 1. The molecule has 0 unspecified atom stereocenters. The molecular weight excluding hydrogens is 248 g/mol. The number of nitrogens with one attached hydrogen (secondary N) is 2. The molecule has 102 valence electrons. The van der Waals surface area contributed by atoms with Crippen LogP contribution in [0.1, 0.15) is 35.5 Å². The summed E-state index contributed by atoms with van der Waals surface area (Å²) in [6.07, 6.45) is 4.40. The topological polar surface area (TPSA) is 44.9 Å². The average molecular weight is 266 g/mol. The second-order valence-electron chi connectivity index (χ2n) is 5.85. The van der Waals surface area contributed by atoms with Crippen molar-refractivity contribution in [1.82, 2.24) is 10.3 Å². The molecule has 0 saturated heterocycles. The summed E-state index contributed by atoms with van der Waals surface area (Å²) in [5.41, 5.74) is 3.86. The van der Waals surface area contributed by atoms with Gasteiger partial charge in [-0.2, -0.15) is 0 Å². The van der Waals surface area contributed by atoms with Gasteiger partial charge in [0.15, 0.2) is 0 Å². The van der Waals surface area contributed by atoms with E-state index in [1.165, 1.54) is 5.56 Å². The van der Waals surface area contributed by atoms with Crippen LogP contribution in [-0.2, 0) is 6.42 Å². The van der Waals surface area contributed by atoms with Crippen molar-refractivity contribution >= 4 is 11.5 Å². The van der Waals surface area contributed by atoms with Crippen LogP contribution in [0.4, 0.5) is 0 Å². The van der Waals surface area contributed by atoms with Gasteiger partial charge in [-0.3, -0.25) is 4.79 Å². The molecule has 0 bridgehead atoms. The van der Waals surface area contributed by atoms with Crippen LogP contribution in [-0.4, -0.2) is 16.3 Å².